The standard InChI is InChI=1S/C15H14ClNO/c16-14-8-9-17-15(11-14)12-18-10-4-7-13-5-2-1-3-6-13/h1-9,11H,10,12H2. The van der Waals surface area contributed by atoms with Crippen LogP contribution in [-0.4, -0.2) is 11.6 Å². The van der Waals surface area contributed by atoms with Crippen molar-refractivity contribution in [2.45, 2.75) is 6.61 Å². The summed E-state index contributed by atoms with van der Waals surface area (Å²) in [6.07, 6.45) is 5.70. The number of nitrogens with zero attached hydrogens (tertiary/aromatic N) is 1. The van der Waals surface area contributed by atoms with Crippen LogP contribution in [0.4, 0.5) is 0 Å². The first-order chi connectivity index (χ1) is 8.84. The molecule has 0 N–H and O–H groups in total. The molecule has 1 aromatic carbocycles. The molecule has 0 fully saturated rings. The monoisotopic (exact) mass is 259 g/mol. The van der Waals surface area contributed by atoms with Crippen molar-refractivity contribution in [2.24, 2.45) is 0 Å². The highest BCUT2D eigenvalue weighted by atomic mass is 35.5. The van der Waals surface area contributed by atoms with E-state index in [0.29, 0.717) is 18.2 Å². The van der Waals surface area contributed by atoms with Gasteiger partial charge in [-0.2, -0.15) is 0 Å². The molecule has 3 heteroatoms. The van der Waals surface area contributed by atoms with Crippen molar-refractivity contribution >= 4 is 17.7 Å². The first kappa shape index (κ1) is 12.8. The summed E-state index contributed by atoms with van der Waals surface area (Å²) in [5.74, 6) is 0. The van der Waals surface area contributed by atoms with E-state index in [4.69, 9.17) is 16.3 Å². The van der Waals surface area contributed by atoms with Gasteiger partial charge in [-0.1, -0.05) is 54.1 Å². The highest BCUT2D eigenvalue weighted by molar-refractivity contribution is 6.30. The fraction of sp³-hybridized carbons (Fsp3) is 0.133. The Morgan fingerprint density at radius 1 is 1.17 bits per heavy atom. The third-order valence-corrected chi connectivity index (χ3v) is 2.59. The molecule has 1 heterocycles. The Balaban J connectivity index is 1.75. The second-order valence-electron chi connectivity index (χ2n) is 3.79. The fourth-order valence-corrected chi connectivity index (χ4v) is 1.69. The third kappa shape index (κ3) is 4.32. The van der Waals surface area contributed by atoms with E-state index in [-0.39, 0.29) is 0 Å². The van der Waals surface area contributed by atoms with Gasteiger partial charge in [0.2, 0.25) is 0 Å². The largest absolute Gasteiger partial charge is 0.371 e. The Morgan fingerprint density at radius 3 is 2.78 bits per heavy atom. The third-order valence-electron chi connectivity index (χ3n) is 2.35. The first-order valence-electron chi connectivity index (χ1n) is 5.74. The minimum absolute atomic E-state index is 0.472. The van der Waals surface area contributed by atoms with E-state index in [1.807, 2.05) is 36.4 Å². The van der Waals surface area contributed by atoms with Crippen molar-refractivity contribution in [1.29, 1.82) is 0 Å². The zero-order chi connectivity index (χ0) is 12.6. The van der Waals surface area contributed by atoms with Gasteiger partial charge in [-0.25, -0.2) is 0 Å². The first-order valence-corrected chi connectivity index (χ1v) is 6.12. The average molecular weight is 260 g/mol. The van der Waals surface area contributed by atoms with Crippen molar-refractivity contribution in [1.82, 2.24) is 4.98 Å². The number of hydrogen-bond acceptors (Lipinski definition) is 2. The molecule has 0 amide bonds. The minimum Gasteiger partial charge on any atom is -0.371 e. The zero-order valence-corrected chi connectivity index (χ0v) is 10.7. The van der Waals surface area contributed by atoms with E-state index >= 15 is 0 Å². The van der Waals surface area contributed by atoms with E-state index in [2.05, 4.69) is 17.1 Å². The van der Waals surface area contributed by atoms with Crippen molar-refractivity contribution < 1.29 is 4.74 Å². The summed E-state index contributed by atoms with van der Waals surface area (Å²) in [7, 11) is 0. The maximum atomic E-state index is 5.86. The molecule has 2 nitrogen and oxygen atoms in total. The summed E-state index contributed by atoms with van der Waals surface area (Å²) in [6, 6.07) is 13.7. The van der Waals surface area contributed by atoms with Crippen LogP contribution in [0.3, 0.4) is 0 Å². The lowest BCUT2D eigenvalue weighted by Gasteiger charge is -2.01. The molecule has 0 aliphatic rings. The van der Waals surface area contributed by atoms with Gasteiger partial charge in [0.15, 0.2) is 0 Å². The van der Waals surface area contributed by atoms with Gasteiger partial charge in [0.1, 0.15) is 0 Å². The maximum absolute atomic E-state index is 5.86. The molecular formula is C15H14ClNO. The van der Waals surface area contributed by atoms with Crippen molar-refractivity contribution in [3.63, 3.8) is 0 Å². The fourth-order valence-electron chi connectivity index (χ4n) is 1.51. The van der Waals surface area contributed by atoms with E-state index in [0.717, 1.165) is 5.69 Å². The van der Waals surface area contributed by atoms with E-state index in [1.54, 1.807) is 12.3 Å². The molecule has 18 heavy (non-hydrogen) atoms. The maximum Gasteiger partial charge on any atom is 0.0892 e. The Labute approximate surface area is 112 Å². The van der Waals surface area contributed by atoms with Crippen molar-refractivity contribution in [2.75, 3.05) is 6.61 Å². The lowest BCUT2D eigenvalue weighted by Crippen LogP contribution is -1.95. The van der Waals surface area contributed by atoms with Gasteiger partial charge in [-0.05, 0) is 17.7 Å². The normalized spacial score (nSPS) is 10.9. The predicted octanol–water partition coefficient (Wildman–Crippen LogP) is 3.97. The number of hydrogen-bond donors (Lipinski definition) is 0. The SMILES string of the molecule is Clc1ccnc(COCC=Cc2ccccc2)c1. The minimum atomic E-state index is 0.472. The molecule has 0 atom stereocenters. The molecule has 0 bridgehead atoms. The number of pyridine rings is 1. The molecule has 0 unspecified atom stereocenters. The molecule has 0 saturated carbocycles. The Kier molecular flexibility index (Phi) is 4.94. The van der Waals surface area contributed by atoms with Crippen LogP contribution >= 0.6 is 11.6 Å². The average Bonchev–Trinajstić information content (AvgIpc) is 2.40. The predicted molar refractivity (Wildman–Crippen MR) is 74.4 cm³/mol. The van der Waals surface area contributed by atoms with Crippen molar-refractivity contribution in [3.8, 4) is 0 Å². The summed E-state index contributed by atoms with van der Waals surface area (Å²) in [5, 5.41) is 0.684. The smallest absolute Gasteiger partial charge is 0.0892 e. The molecular weight excluding hydrogens is 246 g/mol. The van der Waals surface area contributed by atoms with Gasteiger partial charge in [0.05, 0.1) is 18.9 Å². The van der Waals surface area contributed by atoms with Crippen molar-refractivity contribution in [3.05, 3.63) is 71.0 Å². The molecule has 2 aromatic rings. The number of rotatable bonds is 5. The molecule has 0 aliphatic heterocycles. The highest BCUT2D eigenvalue weighted by Gasteiger charge is 1.94. The summed E-state index contributed by atoms with van der Waals surface area (Å²) >= 11 is 5.86. The topological polar surface area (TPSA) is 22.1 Å². The molecule has 2 rings (SSSR count). The van der Waals surface area contributed by atoms with Gasteiger partial charge in [0.25, 0.3) is 0 Å². The molecule has 92 valence electrons. The highest BCUT2D eigenvalue weighted by Crippen LogP contribution is 2.08. The van der Waals surface area contributed by atoms with Gasteiger partial charge in [-0.15, -0.1) is 0 Å². The lowest BCUT2D eigenvalue weighted by molar-refractivity contribution is 0.146. The Morgan fingerprint density at radius 2 is 2.00 bits per heavy atom. The van der Waals surface area contributed by atoms with Gasteiger partial charge >= 0.3 is 0 Å². The summed E-state index contributed by atoms with van der Waals surface area (Å²) in [5.41, 5.74) is 2.01. The number of halogens is 1. The van der Waals surface area contributed by atoms with Gasteiger partial charge in [0, 0.05) is 11.2 Å². The lowest BCUT2D eigenvalue weighted by atomic mass is 10.2. The van der Waals surface area contributed by atoms with E-state index < -0.39 is 0 Å². The Bertz CT molecular complexity index is 511. The van der Waals surface area contributed by atoms with Crippen LogP contribution in [0.5, 0.6) is 0 Å². The van der Waals surface area contributed by atoms with E-state index in [9.17, 15) is 0 Å². The summed E-state index contributed by atoms with van der Waals surface area (Å²) in [4.78, 5) is 4.16. The molecule has 0 aliphatic carbocycles. The molecule has 1 aromatic heterocycles. The van der Waals surface area contributed by atoms with Crippen LogP contribution in [0.25, 0.3) is 6.08 Å². The molecule has 0 radical (unpaired) electrons. The number of ether oxygens (including phenoxy) is 1. The summed E-state index contributed by atoms with van der Waals surface area (Å²) in [6.45, 7) is 1.03. The number of benzene rings is 1. The van der Waals surface area contributed by atoms with Crippen LogP contribution < -0.4 is 0 Å². The van der Waals surface area contributed by atoms with Gasteiger partial charge < -0.3 is 4.74 Å². The van der Waals surface area contributed by atoms with Gasteiger partial charge in [-0.3, -0.25) is 4.98 Å². The Hall–Kier alpha value is -1.64. The zero-order valence-electron chi connectivity index (χ0n) is 9.92. The van der Waals surface area contributed by atoms with Crippen LogP contribution in [0.15, 0.2) is 54.7 Å². The quantitative estimate of drug-likeness (QED) is 0.758. The summed E-state index contributed by atoms with van der Waals surface area (Å²) < 4.78 is 5.49. The second kappa shape index (κ2) is 6.94. The van der Waals surface area contributed by atoms with Crippen LogP contribution in [0.2, 0.25) is 5.02 Å². The van der Waals surface area contributed by atoms with Crippen LogP contribution in [0, 0.1) is 0 Å². The molecule has 0 spiro atoms. The number of aromatic nitrogens is 1. The van der Waals surface area contributed by atoms with Crippen LogP contribution in [-0.2, 0) is 11.3 Å². The molecule has 0 saturated heterocycles. The van der Waals surface area contributed by atoms with E-state index in [1.165, 1.54) is 5.56 Å². The van der Waals surface area contributed by atoms with Crippen LogP contribution in [0.1, 0.15) is 11.3 Å². The second-order valence-corrected chi connectivity index (χ2v) is 4.23.